The van der Waals surface area contributed by atoms with Crippen LogP contribution < -0.4 is 9.47 Å². The van der Waals surface area contributed by atoms with Crippen LogP contribution in [-0.4, -0.2) is 77.4 Å². The third kappa shape index (κ3) is 5.62. The largest absolute Gasteiger partial charge is 0.497 e. The topological polar surface area (TPSA) is 72.7 Å². The number of ether oxygens (including phenoxy) is 2. The van der Waals surface area contributed by atoms with E-state index in [-0.39, 0.29) is 0 Å². The molecule has 41 heavy (non-hydrogen) atoms. The summed E-state index contributed by atoms with van der Waals surface area (Å²) in [5.41, 5.74) is 7.52. The summed E-state index contributed by atoms with van der Waals surface area (Å²) in [7, 11) is 3.86. The molecule has 0 bridgehead atoms. The Labute approximate surface area is 241 Å². The summed E-state index contributed by atoms with van der Waals surface area (Å²) in [6.07, 6.45) is 2.86. The van der Waals surface area contributed by atoms with Gasteiger partial charge in [0.1, 0.15) is 17.1 Å². The predicted octanol–water partition coefficient (Wildman–Crippen LogP) is 4.67. The number of carbonyl (C=O) groups excluding carboxylic acids is 1. The number of aryl methyl sites for hydroxylation is 3. The highest BCUT2D eigenvalue weighted by Crippen LogP contribution is 2.35. The van der Waals surface area contributed by atoms with E-state index in [0.717, 1.165) is 69.0 Å². The maximum absolute atomic E-state index is 13.3. The molecule has 8 heteroatoms. The van der Waals surface area contributed by atoms with Crippen molar-refractivity contribution >= 4 is 5.97 Å². The number of benzene rings is 2. The van der Waals surface area contributed by atoms with Crippen molar-refractivity contribution in [3.8, 4) is 28.6 Å². The van der Waals surface area contributed by atoms with Crippen LogP contribution >= 0.6 is 0 Å². The van der Waals surface area contributed by atoms with Gasteiger partial charge in [-0.05, 0) is 93.2 Å². The van der Waals surface area contributed by atoms with Crippen LogP contribution in [0.1, 0.15) is 38.4 Å². The van der Waals surface area contributed by atoms with E-state index in [1.807, 2.05) is 50.2 Å². The Balaban J connectivity index is 1.17. The van der Waals surface area contributed by atoms with Crippen molar-refractivity contribution in [3.05, 3.63) is 88.2 Å². The summed E-state index contributed by atoms with van der Waals surface area (Å²) in [5.74, 6) is 1.65. The highest BCUT2D eigenvalue weighted by Gasteiger charge is 2.24. The molecule has 0 saturated carbocycles. The molecule has 1 aliphatic carbocycles. The lowest BCUT2D eigenvalue weighted by molar-refractivity contribution is 0.0733. The van der Waals surface area contributed by atoms with Gasteiger partial charge >= 0.3 is 5.97 Å². The first kappa shape index (κ1) is 27.2. The van der Waals surface area contributed by atoms with Gasteiger partial charge in [-0.15, -0.1) is 0 Å². The molecule has 0 unspecified atom stereocenters. The maximum atomic E-state index is 13.3. The zero-order valence-electron chi connectivity index (χ0n) is 24.3. The molecule has 8 nitrogen and oxygen atoms in total. The number of rotatable bonds is 7. The Morgan fingerprint density at radius 2 is 1.63 bits per heavy atom. The SMILES string of the molecule is COc1ccc2c(c1)CCc1ccc(-n3nc(C)c(C(=O)Oc4ccc(CCN5CCN(C)CC5)cc4)c3C)nc1-2. The van der Waals surface area contributed by atoms with Gasteiger partial charge in [-0.3, -0.25) is 0 Å². The Hall–Kier alpha value is -4.01. The number of methoxy groups -OCH3 is 1. The summed E-state index contributed by atoms with van der Waals surface area (Å²) in [4.78, 5) is 23.2. The highest BCUT2D eigenvalue weighted by molar-refractivity contribution is 5.93. The second-order valence-corrected chi connectivity index (χ2v) is 11.1. The van der Waals surface area contributed by atoms with E-state index < -0.39 is 5.97 Å². The van der Waals surface area contributed by atoms with Crippen molar-refractivity contribution in [1.29, 1.82) is 0 Å². The Morgan fingerprint density at radius 1 is 0.902 bits per heavy atom. The number of fused-ring (bicyclic) bond motifs is 3. The lowest BCUT2D eigenvalue weighted by atomic mass is 9.89. The molecule has 0 radical (unpaired) electrons. The van der Waals surface area contributed by atoms with Gasteiger partial charge in [0, 0.05) is 38.3 Å². The molecule has 2 aromatic carbocycles. The Morgan fingerprint density at radius 3 is 2.39 bits per heavy atom. The fourth-order valence-electron chi connectivity index (χ4n) is 5.84. The van der Waals surface area contributed by atoms with E-state index in [0.29, 0.717) is 28.5 Å². The molecular formula is C33H37N5O3. The van der Waals surface area contributed by atoms with Crippen LogP contribution in [0.3, 0.4) is 0 Å². The minimum atomic E-state index is -0.410. The zero-order chi connectivity index (χ0) is 28.5. The average Bonchev–Trinajstić information content (AvgIpc) is 3.30. The van der Waals surface area contributed by atoms with Gasteiger partial charge in [-0.1, -0.05) is 18.2 Å². The van der Waals surface area contributed by atoms with Crippen molar-refractivity contribution < 1.29 is 14.3 Å². The van der Waals surface area contributed by atoms with Crippen LogP contribution in [0.25, 0.3) is 17.1 Å². The van der Waals surface area contributed by atoms with Crippen LogP contribution in [0.4, 0.5) is 0 Å². The van der Waals surface area contributed by atoms with Crippen LogP contribution in [0, 0.1) is 13.8 Å². The number of hydrogen-bond acceptors (Lipinski definition) is 7. The van der Waals surface area contributed by atoms with Gasteiger partial charge in [0.05, 0.1) is 24.2 Å². The standard InChI is InChI=1S/C33H37N5O3/c1-22-31(33(39)41-27-10-5-24(6-11-27)15-16-37-19-17-36(3)18-20-37)23(2)38(35-22)30-14-9-25-7-8-26-21-28(40-4)12-13-29(26)32(25)34-30/h5-6,9-14,21H,7-8,15-20H2,1-4H3. The smallest absolute Gasteiger partial charge is 0.347 e. The fraction of sp³-hybridized carbons (Fsp3) is 0.364. The molecule has 1 fully saturated rings. The number of esters is 1. The minimum absolute atomic E-state index is 0.410. The number of nitrogens with zero attached hydrogens (tertiary/aromatic N) is 5. The molecule has 1 saturated heterocycles. The third-order valence-electron chi connectivity index (χ3n) is 8.35. The summed E-state index contributed by atoms with van der Waals surface area (Å²) in [5, 5.41) is 4.69. The summed E-state index contributed by atoms with van der Waals surface area (Å²) in [6, 6.07) is 18.1. The van der Waals surface area contributed by atoms with Gasteiger partial charge in [0.2, 0.25) is 0 Å². The van der Waals surface area contributed by atoms with E-state index in [1.165, 1.54) is 16.7 Å². The highest BCUT2D eigenvalue weighted by atomic mass is 16.5. The molecule has 6 rings (SSSR count). The van der Waals surface area contributed by atoms with Crippen molar-refractivity contribution in [2.75, 3.05) is 46.9 Å². The molecule has 4 aromatic rings. The fourth-order valence-corrected chi connectivity index (χ4v) is 5.84. The lowest BCUT2D eigenvalue weighted by Gasteiger charge is -2.32. The molecular weight excluding hydrogens is 514 g/mol. The van der Waals surface area contributed by atoms with Gasteiger partial charge < -0.3 is 19.3 Å². The summed E-state index contributed by atoms with van der Waals surface area (Å²) < 4.78 is 13.0. The number of piperazine rings is 1. The van der Waals surface area contributed by atoms with Gasteiger partial charge in [0.25, 0.3) is 0 Å². The van der Waals surface area contributed by atoms with Crippen molar-refractivity contribution in [3.63, 3.8) is 0 Å². The van der Waals surface area contributed by atoms with Crippen molar-refractivity contribution in [2.24, 2.45) is 0 Å². The normalized spacial score (nSPS) is 15.3. The first-order valence-electron chi connectivity index (χ1n) is 14.4. The second-order valence-electron chi connectivity index (χ2n) is 11.1. The molecule has 0 spiro atoms. The van der Waals surface area contributed by atoms with Crippen molar-refractivity contribution in [1.82, 2.24) is 24.6 Å². The average molecular weight is 552 g/mol. The van der Waals surface area contributed by atoms with Crippen LogP contribution in [0.5, 0.6) is 11.5 Å². The number of likely N-dealkylation sites (N-methyl/N-ethyl adjacent to an activating group) is 1. The van der Waals surface area contributed by atoms with Crippen LogP contribution in [0.15, 0.2) is 54.6 Å². The Bertz CT molecular complexity index is 1570. The van der Waals surface area contributed by atoms with Crippen molar-refractivity contribution in [2.45, 2.75) is 33.1 Å². The molecule has 0 atom stereocenters. The first-order chi connectivity index (χ1) is 19.9. The summed E-state index contributed by atoms with van der Waals surface area (Å²) in [6.45, 7) is 9.23. The molecule has 2 aromatic heterocycles. The molecule has 3 heterocycles. The van der Waals surface area contributed by atoms with Gasteiger partial charge in [-0.2, -0.15) is 5.10 Å². The molecule has 0 N–H and O–H groups in total. The van der Waals surface area contributed by atoms with E-state index in [2.05, 4.69) is 40.1 Å². The molecule has 0 amide bonds. The molecule has 212 valence electrons. The molecule has 1 aliphatic heterocycles. The summed E-state index contributed by atoms with van der Waals surface area (Å²) >= 11 is 0. The van der Waals surface area contributed by atoms with E-state index in [9.17, 15) is 4.79 Å². The van der Waals surface area contributed by atoms with E-state index in [4.69, 9.17) is 14.5 Å². The number of aromatic nitrogens is 3. The van der Waals surface area contributed by atoms with E-state index in [1.54, 1.807) is 11.8 Å². The number of pyridine rings is 1. The zero-order valence-corrected chi connectivity index (χ0v) is 24.3. The quantitative estimate of drug-likeness (QED) is 0.244. The maximum Gasteiger partial charge on any atom is 0.347 e. The van der Waals surface area contributed by atoms with Gasteiger partial charge in [0.15, 0.2) is 5.82 Å². The first-order valence-corrected chi connectivity index (χ1v) is 14.4. The molecule has 2 aliphatic rings. The number of carbonyl (C=O) groups is 1. The monoisotopic (exact) mass is 551 g/mol. The Kier molecular flexibility index (Phi) is 7.60. The second kappa shape index (κ2) is 11.5. The van der Waals surface area contributed by atoms with Crippen LogP contribution in [0.2, 0.25) is 0 Å². The minimum Gasteiger partial charge on any atom is -0.497 e. The van der Waals surface area contributed by atoms with Crippen LogP contribution in [-0.2, 0) is 19.3 Å². The predicted molar refractivity (Wildman–Crippen MR) is 159 cm³/mol. The lowest BCUT2D eigenvalue weighted by Crippen LogP contribution is -2.45. The van der Waals surface area contributed by atoms with Gasteiger partial charge in [-0.25, -0.2) is 14.5 Å². The third-order valence-corrected chi connectivity index (χ3v) is 8.35. The number of hydrogen-bond donors (Lipinski definition) is 0. The van der Waals surface area contributed by atoms with E-state index >= 15 is 0 Å².